The van der Waals surface area contributed by atoms with E-state index in [9.17, 15) is 18.0 Å². The molecule has 186 valence electrons. The summed E-state index contributed by atoms with van der Waals surface area (Å²) in [5, 5.41) is 3.53. The van der Waals surface area contributed by atoms with Gasteiger partial charge in [0.15, 0.2) is 0 Å². The lowest BCUT2D eigenvalue weighted by atomic mass is 10.1. The monoisotopic (exact) mass is 639 g/mol. The quantitative estimate of drug-likeness (QED) is 0.285. The van der Waals surface area contributed by atoms with Crippen LogP contribution in [0.15, 0.2) is 42.5 Å². The molecule has 34 heavy (non-hydrogen) atoms. The Morgan fingerprint density at radius 1 is 1.09 bits per heavy atom. The van der Waals surface area contributed by atoms with Crippen molar-refractivity contribution in [3.8, 4) is 0 Å². The Balaban J connectivity index is 2.36. The van der Waals surface area contributed by atoms with Gasteiger partial charge in [-0.05, 0) is 77.9 Å². The molecule has 0 saturated heterocycles. The van der Waals surface area contributed by atoms with Crippen LogP contribution < -0.4 is 9.62 Å². The van der Waals surface area contributed by atoms with E-state index in [4.69, 9.17) is 23.2 Å². The maximum absolute atomic E-state index is 13.5. The summed E-state index contributed by atoms with van der Waals surface area (Å²) < 4.78 is 27.0. The van der Waals surface area contributed by atoms with Gasteiger partial charge in [-0.1, -0.05) is 42.6 Å². The predicted octanol–water partition coefficient (Wildman–Crippen LogP) is 4.70. The van der Waals surface area contributed by atoms with Crippen LogP contribution in [0.5, 0.6) is 0 Å². The Hall–Kier alpha value is -1.56. The Morgan fingerprint density at radius 2 is 1.74 bits per heavy atom. The minimum atomic E-state index is -3.76. The first kappa shape index (κ1) is 28.7. The van der Waals surface area contributed by atoms with Crippen LogP contribution in [0.2, 0.25) is 10.0 Å². The SMILES string of the molecule is CCCCNC(=O)C(C)N(Cc1ccc(Cl)c(Cl)c1)C(=O)CN(c1ccc(I)cc1)S(C)(=O)=O. The Kier molecular flexibility index (Phi) is 10.9. The number of nitrogens with one attached hydrogen (secondary N) is 1. The zero-order chi connectivity index (χ0) is 25.5. The number of hydrogen-bond donors (Lipinski definition) is 1. The lowest BCUT2D eigenvalue weighted by Crippen LogP contribution is -2.51. The normalized spacial score (nSPS) is 12.2. The first-order valence-corrected chi connectivity index (χ1v) is 14.4. The molecule has 7 nitrogen and oxygen atoms in total. The van der Waals surface area contributed by atoms with E-state index in [2.05, 4.69) is 27.9 Å². The molecular formula is C23H28Cl2IN3O4S. The third-order valence-electron chi connectivity index (χ3n) is 5.13. The van der Waals surface area contributed by atoms with E-state index in [1.165, 1.54) is 4.90 Å². The molecule has 0 aliphatic carbocycles. The van der Waals surface area contributed by atoms with Crippen LogP contribution in [0.25, 0.3) is 0 Å². The standard InChI is InChI=1S/C23H28Cl2IN3O4S/c1-4-5-12-27-23(31)16(2)28(14-17-6-11-20(24)21(25)13-17)22(30)15-29(34(3,32)33)19-9-7-18(26)8-10-19/h6-11,13,16H,4-5,12,14-15H2,1-3H3,(H,27,31). The van der Waals surface area contributed by atoms with E-state index in [0.717, 1.165) is 27.0 Å². The van der Waals surface area contributed by atoms with E-state index >= 15 is 0 Å². The first-order valence-electron chi connectivity index (χ1n) is 10.7. The third-order valence-corrected chi connectivity index (χ3v) is 7.73. The van der Waals surface area contributed by atoms with Crippen molar-refractivity contribution in [2.45, 2.75) is 39.3 Å². The molecule has 2 aromatic rings. The van der Waals surface area contributed by atoms with Gasteiger partial charge in [-0.3, -0.25) is 13.9 Å². The second-order valence-corrected chi connectivity index (χ2v) is 11.8. The fraction of sp³-hybridized carbons (Fsp3) is 0.391. The summed E-state index contributed by atoms with van der Waals surface area (Å²) >= 11 is 14.3. The molecule has 0 aliphatic heterocycles. The lowest BCUT2D eigenvalue weighted by Gasteiger charge is -2.31. The summed E-state index contributed by atoms with van der Waals surface area (Å²) in [4.78, 5) is 27.6. The third kappa shape index (κ3) is 8.28. The second-order valence-electron chi connectivity index (χ2n) is 7.84. The van der Waals surface area contributed by atoms with Gasteiger partial charge in [0.05, 0.1) is 22.0 Å². The van der Waals surface area contributed by atoms with Crippen LogP contribution in [-0.4, -0.2) is 50.5 Å². The average Bonchev–Trinajstić information content (AvgIpc) is 2.77. The molecule has 0 heterocycles. The highest BCUT2D eigenvalue weighted by molar-refractivity contribution is 14.1. The molecule has 0 saturated carbocycles. The molecule has 2 aromatic carbocycles. The van der Waals surface area contributed by atoms with Crippen LogP contribution >= 0.6 is 45.8 Å². The summed E-state index contributed by atoms with van der Waals surface area (Å²) in [5.41, 5.74) is 1.03. The van der Waals surface area contributed by atoms with Gasteiger partial charge in [0.2, 0.25) is 21.8 Å². The van der Waals surface area contributed by atoms with E-state index in [-0.39, 0.29) is 12.5 Å². The number of sulfonamides is 1. The summed E-state index contributed by atoms with van der Waals surface area (Å²) in [6.07, 6.45) is 2.77. The van der Waals surface area contributed by atoms with Crippen LogP contribution in [-0.2, 0) is 26.2 Å². The fourth-order valence-electron chi connectivity index (χ4n) is 3.17. The number of amides is 2. The van der Waals surface area contributed by atoms with E-state index in [0.29, 0.717) is 27.8 Å². The van der Waals surface area contributed by atoms with E-state index in [1.807, 2.05) is 6.92 Å². The van der Waals surface area contributed by atoms with Crippen LogP contribution in [0.4, 0.5) is 5.69 Å². The van der Waals surface area contributed by atoms with Crippen LogP contribution in [0.3, 0.4) is 0 Å². The molecule has 0 aliphatic rings. The Morgan fingerprint density at radius 3 is 2.29 bits per heavy atom. The van der Waals surface area contributed by atoms with Crippen molar-refractivity contribution in [2.75, 3.05) is 23.7 Å². The van der Waals surface area contributed by atoms with Gasteiger partial charge < -0.3 is 10.2 Å². The number of halogens is 3. The number of hydrogen-bond acceptors (Lipinski definition) is 4. The van der Waals surface area contributed by atoms with Gasteiger partial charge in [-0.2, -0.15) is 0 Å². The zero-order valence-corrected chi connectivity index (χ0v) is 23.7. The van der Waals surface area contributed by atoms with Gasteiger partial charge in [-0.15, -0.1) is 0 Å². The van der Waals surface area contributed by atoms with Crippen molar-refractivity contribution >= 4 is 73.3 Å². The van der Waals surface area contributed by atoms with Gasteiger partial charge in [0.25, 0.3) is 0 Å². The number of unbranched alkanes of at least 4 members (excludes halogenated alkanes) is 1. The minimum Gasteiger partial charge on any atom is -0.354 e. The predicted molar refractivity (Wildman–Crippen MR) is 146 cm³/mol. The van der Waals surface area contributed by atoms with Crippen LogP contribution in [0, 0.1) is 3.57 Å². The molecule has 0 spiro atoms. The Labute approximate surface area is 225 Å². The molecule has 1 atom stereocenters. The molecule has 1 N–H and O–H groups in total. The summed E-state index contributed by atoms with van der Waals surface area (Å²) in [5.74, 6) is -0.838. The van der Waals surface area contributed by atoms with Crippen molar-refractivity contribution < 1.29 is 18.0 Å². The van der Waals surface area contributed by atoms with E-state index in [1.54, 1.807) is 49.4 Å². The van der Waals surface area contributed by atoms with Crippen molar-refractivity contribution in [1.82, 2.24) is 10.2 Å². The van der Waals surface area contributed by atoms with Gasteiger partial charge >= 0.3 is 0 Å². The molecular weight excluding hydrogens is 612 g/mol. The number of anilines is 1. The second kappa shape index (κ2) is 12.9. The number of carbonyl (C=O) groups excluding carboxylic acids is 2. The van der Waals surface area contributed by atoms with Gasteiger partial charge in [0, 0.05) is 16.7 Å². The van der Waals surface area contributed by atoms with Crippen molar-refractivity contribution in [3.63, 3.8) is 0 Å². The summed E-state index contributed by atoms with van der Waals surface area (Å²) in [6, 6.07) is 10.9. The van der Waals surface area contributed by atoms with Crippen molar-refractivity contribution in [1.29, 1.82) is 0 Å². The number of carbonyl (C=O) groups is 2. The number of rotatable bonds is 11. The smallest absolute Gasteiger partial charge is 0.244 e. The molecule has 0 fully saturated rings. The van der Waals surface area contributed by atoms with Gasteiger partial charge in [-0.25, -0.2) is 8.42 Å². The highest BCUT2D eigenvalue weighted by atomic mass is 127. The number of benzene rings is 2. The largest absolute Gasteiger partial charge is 0.354 e. The first-order chi connectivity index (χ1) is 15.9. The molecule has 1 unspecified atom stereocenters. The lowest BCUT2D eigenvalue weighted by molar-refractivity contribution is -0.139. The molecule has 2 amide bonds. The molecule has 0 aromatic heterocycles. The van der Waals surface area contributed by atoms with Crippen molar-refractivity contribution in [3.05, 3.63) is 61.6 Å². The maximum atomic E-state index is 13.5. The molecule has 0 bridgehead atoms. The van der Waals surface area contributed by atoms with Gasteiger partial charge in [0.1, 0.15) is 12.6 Å². The van der Waals surface area contributed by atoms with Crippen molar-refractivity contribution in [2.24, 2.45) is 0 Å². The molecule has 11 heteroatoms. The average molecular weight is 640 g/mol. The highest BCUT2D eigenvalue weighted by Gasteiger charge is 2.30. The summed E-state index contributed by atoms with van der Waals surface area (Å²) in [6.45, 7) is 3.73. The zero-order valence-electron chi connectivity index (χ0n) is 19.2. The highest BCUT2D eigenvalue weighted by Crippen LogP contribution is 2.24. The molecule has 0 radical (unpaired) electrons. The molecule has 2 rings (SSSR count). The fourth-order valence-corrected chi connectivity index (χ4v) is 4.70. The Bertz CT molecular complexity index is 1110. The number of nitrogens with zero attached hydrogens (tertiary/aromatic N) is 2. The topological polar surface area (TPSA) is 86.8 Å². The minimum absolute atomic E-state index is 0.0579. The maximum Gasteiger partial charge on any atom is 0.244 e. The summed E-state index contributed by atoms with van der Waals surface area (Å²) in [7, 11) is -3.76. The van der Waals surface area contributed by atoms with Crippen LogP contribution in [0.1, 0.15) is 32.3 Å². The van der Waals surface area contributed by atoms with E-state index < -0.39 is 28.5 Å².